The Balaban J connectivity index is 1.63. The molecule has 0 atom stereocenters. The van der Waals surface area contributed by atoms with Gasteiger partial charge >= 0.3 is 0 Å². The number of thiophene rings is 1. The normalized spacial score (nSPS) is 12.9. The minimum absolute atomic E-state index is 0.769. The van der Waals surface area contributed by atoms with Gasteiger partial charge in [0.1, 0.15) is 5.82 Å². The molecule has 0 aliphatic carbocycles. The monoisotopic (exact) mass is 388 g/mol. The largest absolute Gasteiger partial charge is 0.275 e. The Labute approximate surface area is 155 Å². The zero-order chi connectivity index (χ0) is 16.1. The van der Waals surface area contributed by atoms with Crippen LogP contribution in [0.2, 0.25) is 4.34 Å². The van der Waals surface area contributed by atoms with Crippen molar-refractivity contribution < 1.29 is 0 Å². The van der Waals surface area contributed by atoms with E-state index in [1.54, 1.807) is 23.1 Å². The van der Waals surface area contributed by atoms with Gasteiger partial charge in [-0.05, 0) is 24.3 Å². The van der Waals surface area contributed by atoms with Crippen molar-refractivity contribution in [1.29, 1.82) is 0 Å². The van der Waals surface area contributed by atoms with Gasteiger partial charge in [-0.15, -0.1) is 44.6 Å². The maximum atomic E-state index is 6.03. The third-order valence-electron chi connectivity index (χ3n) is 3.71. The van der Waals surface area contributed by atoms with E-state index in [0.717, 1.165) is 43.0 Å². The maximum absolute atomic E-state index is 6.03. The minimum atomic E-state index is 0.769. The van der Waals surface area contributed by atoms with Gasteiger partial charge < -0.3 is 0 Å². The number of benzene rings is 1. The molecular formula is C16H9ClN4S3. The number of hydrogen-bond acceptors (Lipinski definition) is 6. The van der Waals surface area contributed by atoms with Gasteiger partial charge in [0, 0.05) is 10.3 Å². The van der Waals surface area contributed by atoms with Crippen LogP contribution in [0.5, 0.6) is 0 Å². The minimum Gasteiger partial charge on any atom is -0.275 e. The molecule has 0 amide bonds. The molecule has 0 bridgehead atoms. The van der Waals surface area contributed by atoms with E-state index >= 15 is 0 Å². The van der Waals surface area contributed by atoms with Crippen molar-refractivity contribution in [2.45, 2.75) is 10.6 Å². The lowest BCUT2D eigenvalue weighted by Crippen LogP contribution is -2.07. The van der Waals surface area contributed by atoms with Crippen LogP contribution in [0.1, 0.15) is 5.82 Å². The molecular weight excluding hydrogens is 380 g/mol. The molecule has 1 aromatic carbocycles. The molecule has 8 heteroatoms. The zero-order valence-corrected chi connectivity index (χ0v) is 15.3. The highest BCUT2D eigenvalue weighted by molar-refractivity contribution is 7.98. The summed E-state index contributed by atoms with van der Waals surface area (Å²) in [6.45, 7) is 0. The summed E-state index contributed by atoms with van der Waals surface area (Å²) in [6.07, 6.45) is 0. The summed E-state index contributed by atoms with van der Waals surface area (Å²) in [6, 6.07) is 12.2. The summed E-state index contributed by atoms with van der Waals surface area (Å²) < 4.78 is 2.89. The molecule has 4 nitrogen and oxygen atoms in total. The van der Waals surface area contributed by atoms with E-state index in [2.05, 4.69) is 33.0 Å². The summed E-state index contributed by atoms with van der Waals surface area (Å²) >= 11 is 10.9. The number of thiazole rings is 1. The molecule has 4 aromatic rings. The van der Waals surface area contributed by atoms with Crippen LogP contribution in [-0.2, 0) is 5.75 Å². The van der Waals surface area contributed by atoms with Crippen LogP contribution in [0.15, 0.2) is 46.7 Å². The Hall–Kier alpha value is -1.67. The molecule has 0 fully saturated rings. The van der Waals surface area contributed by atoms with Crippen molar-refractivity contribution in [3.8, 4) is 27.1 Å². The third kappa shape index (κ3) is 2.31. The van der Waals surface area contributed by atoms with Crippen molar-refractivity contribution >= 4 is 46.0 Å². The predicted molar refractivity (Wildman–Crippen MR) is 100 cm³/mol. The smallest absolute Gasteiger partial charge is 0.197 e. The van der Waals surface area contributed by atoms with Gasteiger partial charge in [0.2, 0.25) is 0 Å². The first-order valence-electron chi connectivity index (χ1n) is 7.18. The summed E-state index contributed by atoms with van der Waals surface area (Å²) in [4.78, 5) is 7.07. The van der Waals surface area contributed by atoms with Crippen molar-refractivity contribution in [3.05, 3.63) is 51.9 Å². The van der Waals surface area contributed by atoms with E-state index in [1.165, 1.54) is 16.2 Å². The number of halogens is 1. The topological polar surface area (TPSA) is 43.6 Å². The van der Waals surface area contributed by atoms with E-state index in [4.69, 9.17) is 16.6 Å². The Morgan fingerprint density at radius 3 is 2.88 bits per heavy atom. The third-order valence-corrected chi connectivity index (χ3v) is 6.86. The Kier molecular flexibility index (Phi) is 3.48. The van der Waals surface area contributed by atoms with Crippen molar-refractivity contribution in [3.63, 3.8) is 0 Å². The number of fused-ring (bicyclic) bond motifs is 3. The van der Waals surface area contributed by atoms with E-state index in [1.807, 2.05) is 23.6 Å². The van der Waals surface area contributed by atoms with Gasteiger partial charge in [-0.2, -0.15) is 0 Å². The van der Waals surface area contributed by atoms with E-state index in [-0.39, 0.29) is 0 Å². The summed E-state index contributed by atoms with van der Waals surface area (Å²) in [5.74, 6) is 2.59. The summed E-state index contributed by atoms with van der Waals surface area (Å²) in [5.41, 5.74) is 2.06. The highest BCUT2D eigenvalue weighted by Crippen LogP contribution is 2.39. The molecule has 118 valence electrons. The number of para-hydroxylation sites is 1. The van der Waals surface area contributed by atoms with Crippen molar-refractivity contribution in [2.75, 3.05) is 0 Å². The second kappa shape index (κ2) is 5.70. The number of rotatable bonds is 2. The van der Waals surface area contributed by atoms with Crippen LogP contribution in [0.25, 0.3) is 27.1 Å². The standard InChI is InChI=1S/C16H9ClN4S3/c17-13-6-5-11(24-13)9-7-23-16(18-9)15-20-19-14-8-22-12-4-2-1-3-10(12)21(14)15/h1-7H,8H2. The number of aromatic nitrogens is 4. The van der Waals surface area contributed by atoms with Gasteiger partial charge in [0.25, 0.3) is 0 Å². The second-order valence-electron chi connectivity index (χ2n) is 5.17. The molecule has 3 aromatic heterocycles. The Morgan fingerprint density at radius 1 is 1.08 bits per heavy atom. The lowest BCUT2D eigenvalue weighted by Gasteiger charge is -2.17. The first-order valence-corrected chi connectivity index (χ1v) is 10.2. The lowest BCUT2D eigenvalue weighted by atomic mass is 10.3. The Bertz CT molecular complexity index is 1050. The molecule has 0 saturated heterocycles. The molecule has 0 radical (unpaired) electrons. The molecule has 1 aliphatic rings. The number of nitrogens with zero attached hydrogens (tertiary/aromatic N) is 4. The highest BCUT2D eigenvalue weighted by atomic mass is 35.5. The second-order valence-corrected chi connectivity index (χ2v) is 8.76. The average molecular weight is 389 g/mol. The van der Waals surface area contributed by atoms with Crippen LogP contribution in [0.3, 0.4) is 0 Å². The molecule has 24 heavy (non-hydrogen) atoms. The molecule has 0 unspecified atom stereocenters. The van der Waals surface area contributed by atoms with Gasteiger partial charge in [-0.3, -0.25) is 4.57 Å². The van der Waals surface area contributed by atoms with Crippen LogP contribution in [-0.4, -0.2) is 19.7 Å². The van der Waals surface area contributed by atoms with Crippen LogP contribution in [0, 0.1) is 0 Å². The van der Waals surface area contributed by atoms with Gasteiger partial charge in [-0.25, -0.2) is 4.98 Å². The van der Waals surface area contributed by atoms with Crippen LogP contribution >= 0.6 is 46.0 Å². The first-order chi connectivity index (χ1) is 11.8. The number of hydrogen-bond donors (Lipinski definition) is 0. The van der Waals surface area contributed by atoms with E-state index < -0.39 is 0 Å². The summed E-state index contributed by atoms with van der Waals surface area (Å²) in [5, 5.41) is 11.7. The fraction of sp³-hybridized carbons (Fsp3) is 0.0625. The molecule has 1 aliphatic heterocycles. The molecule has 4 heterocycles. The van der Waals surface area contributed by atoms with Gasteiger partial charge in [0.05, 0.1) is 26.3 Å². The van der Waals surface area contributed by atoms with Crippen molar-refractivity contribution in [2.24, 2.45) is 0 Å². The molecule has 5 rings (SSSR count). The maximum Gasteiger partial charge on any atom is 0.197 e. The first kappa shape index (κ1) is 14.7. The highest BCUT2D eigenvalue weighted by Gasteiger charge is 2.24. The lowest BCUT2D eigenvalue weighted by molar-refractivity contribution is 0.922. The van der Waals surface area contributed by atoms with E-state index in [0.29, 0.717) is 0 Å². The van der Waals surface area contributed by atoms with Crippen LogP contribution < -0.4 is 0 Å². The molecule has 0 saturated carbocycles. The molecule has 0 spiro atoms. The van der Waals surface area contributed by atoms with Gasteiger partial charge in [-0.1, -0.05) is 23.7 Å². The van der Waals surface area contributed by atoms with Crippen molar-refractivity contribution in [1.82, 2.24) is 19.7 Å². The van der Waals surface area contributed by atoms with Gasteiger partial charge in [0.15, 0.2) is 10.8 Å². The number of thioether (sulfide) groups is 1. The van der Waals surface area contributed by atoms with Crippen LogP contribution in [0.4, 0.5) is 0 Å². The quantitative estimate of drug-likeness (QED) is 0.462. The fourth-order valence-electron chi connectivity index (χ4n) is 2.65. The average Bonchev–Trinajstić information content (AvgIpc) is 3.32. The Morgan fingerprint density at radius 2 is 2.00 bits per heavy atom. The predicted octanol–water partition coefficient (Wildman–Crippen LogP) is 5.38. The van der Waals surface area contributed by atoms with E-state index in [9.17, 15) is 0 Å². The molecule has 0 N–H and O–H groups in total. The zero-order valence-electron chi connectivity index (χ0n) is 12.1. The fourth-order valence-corrected chi connectivity index (χ4v) is 5.47. The SMILES string of the molecule is Clc1ccc(-c2csc(-c3nnc4n3-c3ccccc3SC4)n2)s1. The summed E-state index contributed by atoms with van der Waals surface area (Å²) in [7, 11) is 0.